The maximum atomic E-state index is 14.1. The van der Waals surface area contributed by atoms with Crippen LogP contribution >= 0.6 is 0 Å². The number of nitrogens with one attached hydrogen (secondary N) is 1. The fourth-order valence-corrected chi connectivity index (χ4v) is 2.11. The van der Waals surface area contributed by atoms with E-state index in [1.807, 2.05) is 0 Å². The molecule has 0 spiro atoms. The van der Waals surface area contributed by atoms with Gasteiger partial charge >= 0.3 is 12.1 Å². The number of nitrogens with zero attached hydrogens (tertiary/aromatic N) is 2. The highest BCUT2D eigenvalue weighted by Gasteiger charge is 2.38. The molecule has 0 atom stereocenters. The topological polar surface area (TPSA) is 51.0 Å². The van der Waals surface area contributed by atoms with Crippen LogP contribution in [-0.2, 0) is 12.7 Å². The second-order valence-electron chi connectivity index (χ2n) is 5.17. The van der Waals surface area contributed by atoms with Gasteiger partial charge in [0.25, 0.3) is 0 Å². The van der Waals surface area contributed by atoms with Gasteiger partial charge in [-0.15, -0.1) is 10.2 Å². The molecule has 136 valence electrons. The Kier molecular flexibility index (Phi) is 4.58. The summed E-state index contributed by atoms with van der Waals surface area (Å²) in [4.78, 5) is 0. The van der Waals surface area contributed by atoms with E-state index in [4.69, 9.17) is 0 Å². The van der Waals surface area contributed by atoms with Gasteiger partial charge in [0.15, 0.2) is 11.6 Å². The SMILES string of the molecule is Fc1cc(-c2nnc(C(F)(F)F)o2)ccc1CNc1cccc(F)c1F. The smallest absolute Gasteiger partial charge is 0.413 e. The van der Waals surface area contributed by atoms with Gasteiger partial charge in [-0.2, -0.15) is 13.2 Å². The fraction of sp³-hybridized carbons (Fsp3) is 0.125. The molecule has 3 rings (SSSR count). The maximum Gasteiger partial charge on any atom is 0.470 e. The van der Waals surface area contributed by atoms with Crippen LogP contribution in [0, 0.1) is 17.5 Å². The Morgan fingerprint density at radius 3 is 2.38 bits per heavy atom. The molecule has 0 amide bonds. The fourth-order valence-electron chi connectivity index (χ4n) is 2.11. The van der Waals surface area contributed by atoms with Crippen molar-refractivity contribution in [1.29, 1.82) is 0 Å². The number of aromatic nitrogens is 2. The first kappa shape index (κ1) is 17.8. The Labute approximate surface area is 142 Å². The van der Waals surface area contributed by atoms with Crippen LogP contribution in [0.1, 0.15) is 11.5 Å². The van der Waals surface area contributed by atoms with E-state index in [9.17, 15) is 26.3 Å². The molecule has 0 aliphatic carbocycles. The summed E-state index contributed by atoms with van der Waals surface area (Å²) in [5.74, 6) is -4.98. The van der Waals surface area contributed by atoms with E-state index in [1.165, 1.54) is 24.3 Å². The van der Waals surface area contributed by atoms with Crippen LogP contribution in [0.25, 0.3) is 11.5 Å². The van der Waals surface area contributed by atoms with Gasteiger partial charge in [-0.05, 0) is 24.3 Å². The average molecular weight is 373 g/mol. The molecule has 1 heterocycles. The van der Waals surface area contributed by atoms with Crippen LogP contribution in [0.3, 0.4) is 0 Å². The Hall–Kier alpha value is -3.04. The number of benzene rings is 2. The first-order valence-electron chi connectivity index (χ1n) is 7.13. The molecule has 0 saturated carbocycles. The number of rotatable bonds is 4. The lowest BCUT2D eigenvalue weighted by Gasteiger charge is -2.09. The summed E-state index contributed by atoms with van der Waals surface area (Å²) in [6.45, 7) is -0.176. The summed E-state index contributed by atoms with van der Waals surface area (Å²) in [7, 11) is 0. The second kappa shape index (κ2) is 6.70. The quantitative estimate of drug-likeness (QED) is 0.669. The molecule has 0 aliphatic heterocycles. The lowest BCUT2D eigenvalue weighted by Crippen LogP contribution is -2.04. The third-order valence-electron chi connectivity index (χ3n) is 3.39. The lowest BCUT2D eigenvalue weighted by molar-refractivity contribution is -0.156. The van der Waals surface area contributed by atoms with Crippen molar-refractivity contribution < 1.29 is 30.8 Å². The van der Waals surface area contributed by atoms with Crippen molar-refractivity contribution in [3.8, 4) is 11.5 Å². The first-order valence-corrected chi connectivity index (χ1v) is 7.13. The zero-order valence-electron chi connectivity index (χ0n) is 12.7. The predicted octanol–water partition coefficient (Wildman–Crippen LogP) is 4.78. The monoisotopic (exact) mass is 373 g/mol. The van der Waals surface area contributed by atoms with Crippen molar-refractivity contribution in [2.24, 2.45) is 0 Å². The first-order chi connectivity index (χ1) is 12.3. The number of halogens is 6. The van der Waals surface area contributed by atoms with Crippen LogP contribution in [0.15, 0.2) is 40.8 Å². The van der Waals surface area contributed by atoms with E-state index >= 15 is 0 Å². The van der Waals surface area contributed by atoms with Gasteiger partial charge in [-0.25, -0.2) is 13.2 Å². The molecule has 4 nitrogen and oxygen atoms in total. The second-order valence-corrected chi connectivity index (χ2v) is 5.17. The minimum Gasteiger partial charge on any atom is -0.413 e. The number of alkyl halides is 3. The Morgan fingerprint density at radius 2 is 1.73 bits per heavy atom. The van der Waals surface area contributed by atoms with Crippen LogP contribution in [0.5, 0.6) is 0 Å². The molecule has 3 aromatic rings. The standard InChI is InChI=1S/C16H9F6N3O/c17-10-2-1-3-12(13(10)19)23-7-9-5-4-8(6-11(9)18)14-24-25-15(26-14)16(20,21)22/h1-6,23H,7H2. The zero-order valence-corrected chi connectivity index (χ0v) is 12.7. The van der Waals surface area contributed by atoms with Crippen molar-refractivity contribution in [1.82, 2.24) is 10.2 Å². The minimum atomic E-state index is -4.80. The molecular weight excluding hydrogens is 364 g/mol. The summed E-state index contributed by atoms with van der Waals surface area (Å²) < 4.78 is 82.6. The molecule has 10 heteroatoms. The van der Waals surface area contributed by atoms with Gasteiger partial charge in [-0.3, -0.25) is 0 Å². The van der Waals surface area contributed by atoms with Gasteiger partial charge in [-0.1, -0.05) is 12.1 Å². The van der Waals surface area contributed by atoms with E-state index in [-0.39, 0.29) is 23.4 Å². The molecule has 0 radical (unpaired) electrons. The third-order valence-corrected chi connectivity index (χ3v) is 3.39. The van der Waals surface area contributed by atoms with Crippen LogP contribution in [0.2, 0.25) is 0 Å². The normalized spacial score (nSPS) is 11.6. The summed E-state index contributed by atoms with van der Waals surface area (Å²) in [6, 6.07) is 6.94. The van der Waals surface area contributed by atoms with Crippen LogP contribution in [0.4, 0.5) is 32.0 Å². The maximum absolute atomic E-state index is 14.1. The molecular formula is C16H9F6N3O. The molecule has 0 bridgehead atoms. The van der Waals surface area contributed by atoms with Gasteiger partial charge in [0.2, 0.25) is 5.89 Å². The summed E-state index contributed by atoms with van der Waals surface area (Å²) in [5, 5.41) is 8.62. The molecule has 2 aromatic carbocycles. The summed E-state index contributed by atoms with van der Waals surface area (Å²) >= 11 is 0. The van der Waals surface area contributed by atoms with Crippen molar-refractivity contribution in [3.63, 3.8) is 0 Å². The highest BCUT2D eigenvalue weighted by molar-refractivity contribution is 5.54. The van der Waals surface area contributed by atoms with Crippen molar-refractivity contribution in [3.05, 3.63) is 65.3 Å². The molecule has 1 N–H and O–H groups in total. The third kappa shape index (κ3) is 3.63. The minimum absolute atomic E-state index is 0.0498. The molecule has 0 saturated heterocycles. The van der Waals surface area contributed by atoms with E-state index in [2.05, 4.69) is 19.9 Å². The van der Waals surface area contributed by atoms with E-state index in [1.54, 1.807) is 0 Å². The molecule has 1 aromatic heterocycles. The lowest BCUT2D eigenvalue weighted by atomic mass is 10.1. The number of hydrogen-bond acceptors (Lipinski definition) is 4. The van der Waals surface area contributed by atoms with Gasteiger partial charge in [0, 0.05) is 17.7 Å². The van der Waals surface area contributed by atoms with Crippen LogP contribution < -0.4 is 5.32 Å². The number of anilines is 1. The predicted molar refractivity (Wildman–Crippen MR) is 78.4 cm³/mol. The van der Waals surface area contributed by atoms with Gasteiger partial charge in [0.05, 0.1) is 5.69 Å². The molecule has 26 heavy (non-hydrogen) atoms. The van der Waals surface area contributed by atoms with Crippen LogP contribution in [-0.4, -0.2) is 10.2 Å². The molecule has 0 aliphatic rings. The van der Waals surface area contributed by atoms with Gasteiger partial charge < -0.3 is 9.73 Å². The van der Waals surface area contributed by atoms with Crippen molar-refractivity contribution in [2.45, 2.75) is 12.7 Å². The Balaban J connectivity index is 1.77. The van der Waals surface area contributed by atoms with Crippen molar-refractivity contribution in [2.75, 3.05) is 5.32 Å². The highest BCUT2D eigenvalue weighted by atomic mass is 19.4. The van der Waals surface area contributed by atoms with E-state index < -0.39 is 35.4 Å². The largest absolute Gasteiger partial charge is 0.470 e. The van der Waals surface area contributed by atoms with E-state index in [0.29, 0.717) is 0 Å². The highest BCUT2D eigenvalue weighted by Crippen LogP contribution is 2.30. The Bertz CT molecular complexity index is 938. The van der Waals surface area contributed by atoms with E-state index in [0.717, 1.165) is 12.1 Å². The average Bonchev–Trinajstić information content (AvgIpc) is 3.07. The zero-order chi connectivity index (χ0) is 18.9. The van der Waals surface area contributed by atoms with Crippen molar-refractivity contribution >= 4 is 5.69 Å². The molecule has 0 unspecified atom stereocenters. The summed E-state index contributed by atoms with van der Waals surface area (Å²) in [5.41, 5.74) is -0.126. The Morgan fingerprint density at radius 1 is 0.962 bits per heavy atom. The number of hydrogen-bond donors (Lipinski definition) is 1. The summed E-state index contributed by atoms with van der Waals surface area (Å²) in [6.07, 6.45) is -4.80. The van der Waals surface area contributed by atoms with Gasteiger partial charge in [0.1, 0.15) is 5.82 Å². The molecule has 0 fully saturated rings.